The fourth-order valence-corrected chi connectivity index (χ4v) is 2.87. The van der Waals surface area contributed by atoms with Crippen molar-refractivity contribution in [3.63, 3.8) is 0 Å². The van der Waals surface area contributed by atoms with Gasteiger partial charge < -0.3 is 16.4 Å². The average molecular weight is 397 g/mol. The summed E-state index contributed by atoms with van der Waals surface area (Å²) in [4.78, 5) is 28.6. The van der Waals surface area contributed by atoms with Crippen molar-refractivity contribution in [2.75, 3.05) is 10.6 Å². The average Bonchev–Trinajstić information content (AvgIpc) is 3.04. The third-order valence-corrected chi connectivity index (χ3v) is 4.27. The zero-order chi connectivity index (χ0) is 17.0. The molecule has 1 aromatic carbocycles. The van der Waals surface area contributed by atoms with E-state index in [1.807, 2.05) is 0 Å². The van der Waals surface area contributed by atoms with Gasteiger partial charge in [-0.2, -0.15) is 0 Å². The number of hydrogen-bond acceptors (Lipinski definition) is 4. The second kappa shape index (κ2) is 9.52. The lowest BCUT2D eigenvalue weighted by Crippen LogP contribution is -2.48. The fraction of sp³-hybridized carbons (Fsp3) is 0.278. The third kappa shape index (κ3) is 5.17. The van der Waals surface area contributed by atoms with Gasteiger partial charge in [-0.3, -0.25) is 14.6 Å². The Morgan fingerprint density at radius 3 is 2.27 bits per heavy atom. The summed E-state index contributed by atoms with van der Waals surface area (Å²) in [7, 11) is 0. The Hall–Kier alpha value is -2.15. The first-order chi connectivity index (χ1) is 11.6. The van der Waals surface area contributed by atoms with Crippen LogP contribution in [0.5, 0.6) is 0 Å². The molecule has 26 heavy (non-hydrogen) atoms. The lowest BCUT2D eigenvalue weighted by Gasteiger charge is -2.22. The molecule has 1 aliphatic rings. The molecular weight excluding hydrogens is 375 g/mol. The normalized spacial score (nSPS) is 14.5. The van der Waals surface area contributed by atoms with Gasteiger partial charge in [0, 0.05) is 29.3 Å². The molecule has 2 aromatic rings. The van der Waals surface area contributed by atoms with Gasteiger partial charge in [-0.05, 0) is 43.2 Å². The lowest BCUT2D eigenvalue weighted by atomic mass is 9.98. The molecule has 140 valence electrons. The monoisotopic (exact) mass is 396 g/mol. The van der Waals surface area contributed by atoms with Crippen LogP contribution in [0.4, 0.5) is 11.4 Å². The van der Waals surface area contributed by atoms with Crippen LogP contribution >= 0.6 is 24.8 Å². The minimum atomic E-state index is -0.796. The second-order valence-corrected chi connectivity index (χ2v) is 6.09. The first-order valence-corrected chi connectivity index (χ1v) is 7.99. The van der Waals surface area contributed by atoms with Crippen LogP contribution < -0.4 is 16.4 Å². The van der Waals surface area contributed by atoms with Gasteiger partial charge in [-0.15, -0.1) is 24.8 Å². The molecule has 0 atom stereocenters. The molecule has 1 saturated carbocycles. The number of carbonyl (C=O) groups excluding carboxylic acids is 2. The van der Waals surface area contributed by atoms with E-state index in [4.69, 9.17) is 5.73 Å². The summed E-state index contributed by atoms with van der Waals surface area (Å²) >= 11 is 0. The van der Waals surface area contributed by atoms with Crippen molar-refractivity contribution in [1.29, 1.82) is 0 Å². The zero-order valence-electron chi connectivity index (χ0n) is 14.1. The Morgan fingerprint density at radius 2 is 1.62 bits per heavy atom. The number of pyridine rings is 1. The highest BCUT2D eigenvalue weighted by Gasteiger charge is 2.36. The molecule has 2 amide bonds. The Morgan fingerprint density at radius 1 is 0.962 bits per heavy atom. The molecule has 1 fully saturated rings. The summed E-state index contributed by atoms with van der Waals surface area (Å²) in [5.41, 5.74) is 7.05. The molecule has 3 rings (SSSR count). The summed E-state index contributed by atoms with van der Waals surface area (Å²) in [5.74, 6) is -0.438. The molecule has 4 N–H and O–H groups in total. The van der Waals surface area contributed by atoms with Crippen molar-refractivity contribution in [2.24, 2.45) is 5.73 Å². The van der Waals surface area contributed by atoms with Crippen LogP contribution in [0.3, 0.4) is 0 Å². The van der Waals surface area contributed by atoms with Gasteiger partial charge in [0.25, 0.3) is 5.91 Å². The molecule has 0 unspecified atom stereocenters. The summed E-state index contributed by atoms with van der Waals surface area (Å²) in [6, 6.07) is 10.2. The van der Waals surface area contributed by atoms with Gasteiger partial charge in [0.1, 0.15) is 0 Å². The molecule has 0 aliphatic heterocycles. The zero-order valence-corrected chi connectivity index (χ0v) is 15.7. The predicted octanol–water partition coefficient (Wildman–Crippen LogP) is 3.39. The number of halogens is 2. The number of nitrogens with zero attached hydrogens (tertiary/aromatic N) is 1. The van der Waals surface area contributed by atoms with E-state index in [1.165, 1.54) is 0 Å². The van der Waals surface area contributed by atoms with Crippen LogP contribution in [0.25, 0.3) is 0 Å². The van der Waals surface area contributed by atoms with E-state index < -0.39 is 5.54 Å². The molecule has 6 nitrogen and oxygen atoms in total. The molecule has 0 spiro atoms. The van der Waals surface area contributed by atoms with Gasteiger partial charge in [-0.25, -0.2) is 0 Å². The largest absolute Gasteiger partial charge is 0.324 e. The quantitative estimate of drug-likeness (QED) is 0.737. The maximum absolute atomic E-state index is 12.4. The Labute approximate surface area is 164 Å². The van der Waals surface area contributed by atoms with Crippen LogP contribution in [0.1, 0.15) is 36.0 Å². The van der Waals surface area contributed by atoms with Crippen molar-refractivity contribution in [3.05, 3.63) is 54.4 Å². The standard InChI is InChI=1S/C18H20N4O2.2ClH/c19-18(8-1-2-9-18)17(24)22-15-5-3-4-13(12-15)16(23)21-14-6-10-20-11-7-14;;/h3-7,10-12H,1-2,8-9,19H2,(H,22,24)(H,20,21,23);2*1H. The second-order valence-electron chi connectivity index (χ2n) is 6.09. The van der Waals surface area contributed by atoms with Crippen molar-refractivity contribution in [2.45, 2.75) is 31.2 Å². The summed E-state index contributed by atoms with van der Waals surface area (Å²) in [6.45, 7) is 0. The lowest BCUT2D eigenvalue weighted by molar-refractivity contribution is -0.121. The van der Waals surface area contributed by atoms with E-state index in [0.717, 1.165) is 12.8 Å². The summed E-state index contributed by atoms with van der Waals surface area (Å²) in [6.07, 6.45) is 6.54. The summed E-state index contributed by atoms with van der Waals surface area (Å²) in [5, 5.41) is 5.61. The number of hydrogen-bond donors (Lipinski definition) is 3. The van der Waals surface area contributed by atoms with Crippen molar-refractivity contribution in [3.8, 4) is 0 Å². The minimum absolute atomic E-state index is 0. The number of nitrogens with two attached hydrogens (primary N) is 1. The number of rotatable bonds is 4. The van der Waals surface area contributed by atoms with Crippen LogP contribution in [-0.2, 0) is 4.79 Å². The molecule has 1 heterocycles. The van der Waals surface area contributed by atoms with E-state index >= 15 is 0 Å². The van der Waals surface area contributed by atoms with Crippen LogP contribution in [-0.4, -0.2) is 22.3 Å². The van der Waals surface area contributed by atoms with Gasteiger partial charge in [0.15, 0.2) is 0 Å². The smallest absolute Gasteiger partial charge is 0.255 e. The van der Waals surface area contributed by atoms with Crippen LogP contribution in [0.15, 0.2) is 48.8 Å². The number of carbonyl (C=O) groups is 2. The SMILES string of the molecule is Cl.Cl.NC1(C(=O)Nc2cccc(C(=O)Nc3ccncc3)c2)CCCC1. The van der Waals surface area contributed by atoms with Crippen molar-refractivity contribution < 1.29 is 9.59 Å². The number of aromatic nitrogens is 1. The molecule has 1 aliphatic carbocycles. The Balaban J connectivity index is 0.00000169. The van der Waals surface area contributed by atoms with E-state index in [1.54, 1.807) is 48.8 Å². The maximum Gasteiger partial charge on any atom is 0.255 e. The minimum Gasteiger partial charge on any atom is -0.324 e. The highest BCUT2D eigenvalue weighted by molar-refractivity contribution is 6.05. The first kappa shape index (κ1) is 21.9. The number of nitrogens with one attached hydrogen (secondary N) is 2. The molecule has 0 saturated heterocycles. The van der Waals surface area contributed by atoms with Crippen molar-refractivity contribution >= 4 is 48.0 Å². The van der Waals surface area contributed by atoms with Gasteiger partial charge in [0.05, 0.1) is 5.54 Å². The first-order valence-electron chi connectivity index (χ1n) is 7.99. The highest BCUT2D eigenvalue weighted by Crippen LogP contribution is 2.28. The Bertz CT molecular complexity index is 750. The molecule has 1 aromatic heterocycles. The number of anilines is 2. The van der Waals surface area contributed by atoms with Gasteiger partial charge in [0.2, 0.25) is 5.91 Å². The van der Waals surface area contributed by atoms with E-state index in [0.29, 0.717) is 29.8 Å². The maximum atomic E-state index is 12.4. The Kier molecular flexibility index (Phi) is 8.02. The third-order valence-electron chi connectivity index (χ3n) is 4.27. The number of benzene rings is 1. The predicted molar refractivity (Wildman–Crippen MR) is 107 cm³/mol. The van der Waals surface area contributed by atoms with Crippen LogP contribution in [0.2, 0.25) is 0 Å². The van der Waals surface area contributed by atoms with E-state index in [-0.39, 0.29) is 36.6 Å². The topological polar surface area (TPSA) is 97.1 Å². The van der Waals surface area contributed by atoms with Gasteiger partial charge in [-0.1, -0.05) is 18.9 Å². The molecule has 8 heteroatoms. The van der Waals surface area contributed by atoms with Crippen LogP contribution in [0, 0.1) is 0 Å². The van der Waals surface area contributed by atoms with E-state index in [9.17, 15) is 9.59 Å². The van der Waals surface area contributed by atoms with E-state index in [2.05, 4.69) is 15.6 Å². The fourth-order valence-electron chi connectivity index (χ4n) is 2.87. The molecule has 0 bridgehead atoms. The van der Waals surface area contributed by atoms with Gasteiger partial charge >= 0.3 is 0 Å². The highest BCUT2D eigenvalue weighted by atomic mass is 35.5. The van der Waals surface area contributed by atoms with Crippen molar-refractivity contribution in [1.82, 2.24) is 4.98 Å². The molecular formula is C18H22Cl2N4O2. The molecule has 0 radical (unpaired) electrons. The number of amides is 2. The summed E-state index contributed by atoms with van der Waals surface area (Å²) < 4.78 is 0.